The number of carbonyl (C=O) groups is 1. The average Bonchev–Trinajstić information content (AvgIpc) is 2.88. The second-order valence-corrected chi connectivity index (χ2v) is 12.4. The summed E-state index contributed by atoms with van der Waals surface area (Å²) >= 11 is 6.59. The minimum Gasteiger partial charge on any atom is -0.489 e. The van der Waals surface area contributed by atoms with Crippen LogP contribution in [0.5, 0.6) is 5.75 Å². The van der Waals surface area contributed by atoms with Crippen LogP contribution in [-0.4, -0.2) is 73.7 Å². The molecule has 10 heteroatoms. The fraction of sp³-hybridized carbons (Fsp3) is 0.607. The Morgan fingerprint density at radius 3 is 2.76 bits per heavy atom. The highest BCUT2D eigenvalue weighted by Gasteiger charge is 2.64. The molecule has 3 fully saturated rings. The third kappa shape index (κ3) is 4.75. The number of aromatic nitrogens is 2. The summed E-state index contributed by atoms with van der Waals surface area (Å²) < 4.78 is 5.97. The number of hydrogen-bond donors (Lipinski definition) is 3. The summed E-state index contributed by atoms with van der Waals surface area (Å²) in [5.41, 5.74) is 1.59. The SMILES string of the molecule is CNC(=O)[C@H]1C[C@H]2C[C@H](C2(C)C)[C@@]1(C)Nc1nc(Nc2ccc3c(c2)OCCN3CCN(C)C)ncc1Cl. The van der Waals surface area contributed by atoms with E-state index in [1.165, 1.54) is 0 Å². The first-order valence-corrected chi connectivity index (χ1v) is 13.9. The van der Waals surface area contributed by atoms with Crippen molar-refractivity contribution in [2.45, 2.75) is 39.2 Å². The number of halogens is 1. The maximum Gasteiger partial charge on any atom is 0.229 e. The van der Waals surface area contributed by atoms with Gasteiger partial charge in [0.1, 0.15) is 17.4 Å². The Kier molecular flexibility index (Phi) is 7.11. The van der Waals surface area contributed by atoms with Crippen LogP contribution in [0.15, 0.2) is 24.4 Å². The maximum absolute atomic E-state index is 12.9. The van der Waals surface area contributed by atoms with Crippen LogP contribution in [0.4, 0.5) is 23.1 Å². The number of anilines is 4. The van der Waals surface area contributed by atoms with E-state index in [1.54, 1.807) is 13.2 Å². The normalized spacial score (nSPS) is 27.2. The van der Waals surface area contributed by atoms with Gasteiger partial charge in [-0.15, -0.1) is 0 Å². The highest BCUT2D eigenvalue weighted by atomic mass is 35.5. The standard InChI is InChI=1S/C28H40ClN7O2/c1-27(2)17-13-19(25(37)30-4)28(3,23(27)14-17)34-24-20(29)16-31-26(33-24)32-18-7-8-21-22(15-18)38-12-11-36(21)10-9-35(5)6/h7-8,15-17,19,23H,9-14H2,1-6H3,(H,30,37)(H2,31,32,33,34)/t17-,19+,23+,28-/m0/s1. The zero-order valence-electron chi connectivity index (χ0n) is 23.3. The molecule has 0 spiro atoms. The number of fused-ring (bicyclic) bond motifs is 3. The third-order valence-electron chi connectivity index (χ3n) is 9.13. The predicted octanol–water partition coefficient (Wildman–Crippen LogP) is 4.23. The van der Waals surface area contributed by atoms with Gasteiger partial charge in [-0.3, -0.25) is 4.79 Å². The molecule has 4 aliphatic rings. The number of likely N-dealkylation sites (N-methyl/N-ethyl adjacent to an activating group) is 1. The van der Waals surface area contributed by atoms with Gasteiger partial charge in [0.15, 0.2) is 5.82 Å². The van der Waals surface area contributed by atoms with Gasteiger partial charge in [-0.2, -0.15) is 4.98 Å². The molecule has 2 aromatic rings. The molecule has 4 atom stereocenters. The lowest BCUT2D eigenvalue weighted by Crippen LogP contribution is -2.69. The summed E-state index contributed by atoms with van der Waals surface area (Å²) in [6.45, 7) is 10.2. The van der Waals surface area contributed by atoms with Crippen molar-refractivity contribution in [1.29, 1.82) is 0 Å². The Bertz CT molecular complexity index is 1210. The Balaban J connectivity index is 1.37. The minimum atomic E-state index is -0.483. The average molecular weight is 542 g/mol. The molecule has 38 heavy (non-hydrogen) atoms. The first kappa shape index (κ1) is 26.8. The molecule has 3 N–H and O–H groups in total. The molecular weight excluding hydrogens is 502 g/mol. The highest BCUT2D eigenvalue weighted by Crippen LogP contribution is 2.65. The number of hydrogen-bond acceptors (Lipinski definition) is 8. The van der Waals surface area contributed by atoms with Crippen molar-refractivity contribution in [3.05, 3.63) is 29.4 Å². The molecule has 3 saturated carbocycles. The van der Waals surface area contributed by atoms with Gasteiger partial charge in [0, 0.05) is 31.9 Å². The van der Waals surface area contributed by atoms with Crippen LogP contribution >= 0.6 is 11.6 Å². The van der Waals surface area contributed by atoms with Crippen molar-refractivity contribution in [2.24, 2.45) is 23.2 Å². The lowest BCUT2D eigenvalue weighted by atomic mass is 9.40. The maximum atomic E-state index is 12.9. The predicted molar refractivity (Wildman–Crippen MR) is 153 cm³/mol. The van der Waals surface area contributed by atoms with E-state index in [0.717, 1.165) is 49.6 Å². The van der Waals surface area contributed by atoms with Crippen LogP contribution in [0.25, 0.3) is 0 Å². The molecule has 1 aliphatic heterocycles. The molecule has 1 amide bonds. The van der Waals surface area contributed by atoms with Gasteiger partial charge >= 0.3 is 0 Å². The van der Waals surface area contributed by atoms with Gasteiger partial charge in [-0.1, -0.05) is 25.4 Å². The number of carbonyl (C=O) groups excluding carboxylic acids is 1. The first-order chi connectivity index (χ1) is 18.0. The van der Waals surface area contributed by atoms with E-state index in [2.05, 4.69) is 71.7 Å². The van der Waals surface area contributed by atoms with Crippen molar-refractivity contribution >= 4 is 40.6 Å². The van der Waals surface area contributed by atoms with Crippen LogP contribution in [0.2, 0.25) is 5.02 Å². The van der Waals surface area contributed by atoms with Gasteiger partial charge in [-0.05, 0) is 63.2 Å². The summed E-state index contributed by atoms with van der Waals surface area (Å²) in [7, 11) is 5.87. The largest absolute Gasteiger partial charge is 0.489 e. The summed E-state index contributed by atoms with van der Waals surface area (Å²) in [5, 5.41) is 10.2. The molecule has 0 saturated heterocycles. The van der Waals surface area contributed by atoms with E-state index in [1.807, 2.05) is 12.1 Å². The highest BCUT2D eigenvalue weighted by molar-refractivity contribution is 6.32. The van der Waals surface area contributed by atoms with Crippen molar-refractivity contribution in [2.75, 3.05) is 62.9 Å². The molecule has 2 bridgehead atoms. The Morgan fingerprint density at radius 2 is 2.05 bits per heavy atom. The van der Waals surface area contributed by atoms with Crippen LogP contribution in [0.3, 0.4) is 0 Å². The van der Waals surface area contributed by atoms with Crippen LogP contribution in [0.1, 0.15) is 33.6 Å². The van der Waals surface area contributed by atoms with Crippen LogP contribution < -0.4 is 25.6 Å². The van der Waals surface area contributed by atoms with Crippen molar-refractivity contribution in [3.63, 3.8) is 0 Å². The fourth-order valence-corrected chi connectivity index (χ4v) is 6.88. The van der Waals surface area contributed by atoms with Crippen molar-refractivity contribution < 1.29 is 9.53 Å². The number of rotatable bonds is 8. The van der Waals surface area contributed by atoms with E-state index in [9.17, 15) is 4.79 Å². The number of nitrogens with zero attached hydrogens (tertiary/aromatic N) is 4. The number of benzene rings is 1. The number of ether oxygens (including phenoxy) is 1. The molecule has 9 nitrogen and oxygen atoms in total. The molecular formula is C28H40ClN7O2. The Labute approximate surface area is 230 Å². The van der Waals surface area contributed by atoms with Crippen molar-refractivity contribution in [3.8, 4) is 5.75 Å². The van der Waals surface area contributed by atoms with Gasteiger partial charge < -0.3 is 30.5 Å². The summed E-state index contributed by atoms with van der Waals surface area (Å²) in [6, 6.07) is 6.08. The first-order valence-electron chi connectivity index (χ1n) is 13.5. The molecule has 2 heterocycles. The lowest BCUT2D eigenvalue weighted by Gasteiger charge is -2.66. The molecule has 0 unspecified atom stereocenters. The van der Waals surface area contributed by atoms with E-state index < -0.39 is 5.54 Å². The minimum absolute atomic E-state index is 0.0578. The molecule has 206 valence electrons. The monoisotopic (exact) mass is 541 g/mol. The summed E-state index contributed by atoms with van der Waals surface area (Å²) in [4.78, 5) is 26.6. The topological polar surface area (TPSA) is 94.6 Å². The number of amides is 1. The molecule has 1 aromatic carbocycles. The molecule has 3 aliphatic carbocycles. The van der Waals surface area contributed by atoms with Gasteiger partial charge in [0.2, 0.25) is 11.9 Å². The van der Waals surface area contributed by atoms with E-state index in [-0.39, 0.29) is 17.2 Å². The fourth-order valence-electron chi connectivity index (χ4n) is 6.74. The lowest BCUT2D eigenvalue weighted by molar-refractivity contribution is -0.155. The Morgan fingerprint density at radius 1 is 1.26 bits per heavy atom. The summed E-state index contributed by atoms with van der Waals surface area (Å²) in [6.07, 6.45) is 3.55. The zero-order valence-corrected chi connectivity index (χ0v) is 24.0. The van der Waals surface area contributed by atoms with Gasteiger partial charge in [0.25, 0.3) is 0 Å². The third-order valence-corrected chi connectivity index (χ3v) is 9.40. The summed E-state index contributed by atoms with van der Waals surface area (Å²) in [5.74, 6) is 2.57. The van der Waals surface area contributed by atoms with E-state index >= 15 is 0 Å². The zero-order chi connectivity index (χ0) is 27.2. The quantitative estimate of drug-likeness (QED) is 0.457. The number of nitrogens with one attached hydrogen (secondary N) is 3. The van der Waals surface area contributed by atoms with Crippen LogP contribution in [-0.2, 0) is 4.79 Å². The smallest absolute Gasteiger partial charge is 0.229 e. The van der Waals surface area contributed by atoms with Crippen LogP contribution in [0, 0.1) is 23.2 Å². The molecule has 6 rings (SSSR count). The van der Waals surface area contributed by atoms with Gasteiger partial charge in [-0.25, -0.2) is 4.98 Å². The second kappa shape index (κ2) is 10.1. The Hall–Kier alpha value is -2.78. The second-order valence-electron chi connectivity index (χ2n) is 12.0. The van der Waals surface area contributed by atoms with E-state index in [0.29, 0.717) is 35.2 Å². The molecule has 0 radical (unpaired) electrons. The van der Waals surface area contributed by atoms with E-state index in [4.69, 9.17) is 21.3 Å². The molecule has 1 aromatic heterocycles. The van der Waals surface area contributed by atoms with Crippen molar-refractivity contribution in [1.82, 2.24) is 20.2 Å². The van der Waals surface area contributed by atoms with Gasteiger partial charge in [0.05, 0.1) is 29.9 Å².